The van der Waals surface area contributed by atoms with E-state index in [-0.39, 0.29) is 18.4 Å². The molecule has 0 spiro atoms. The van der Waals surface area contributed by atoms with Crippen molar-refractivity contribution in [1.29, 1.82) is 0 Å². The van der Waals surface area contributed by atoms with E-state index in [2.05, 4.69) is 21.2 Å². The van der Waals surface area contributed by atoms with Crippen molar-refractivity contribution < 1.29 is 9.59 Å². The highest BCUT2D eigenvalue weighted by molar-refractivity contribution is 9.10. The number of nitrogens with one attached hydrogen (secondary N) is 1. The highest BCUT2D eigenvalue weighted by atomic mass is 79.9. The minimum atomic E-state index is -0.239. The van der Waals surface area contributed by atoms with Crippen molar-refractivity contribution in [3.8, 4) is 0 Å². The van der Waals surface area contributed by atoms with E-state index in [4.69, 9.17) is 11.6 Å². The summed E-state index contributed by atoms with van der Waals surface area (Å²) in [7, 11) is 1.54. The zero-order valence-corrected chi connectivity index (χ0v) is 13.2. The van der Waals surface area contributed by atoms with Crippen molar-refractivity contribution in [3.63, 3.8) is 0 Å². The molecule has 19 heavy (non-hydrogen) atoms. The largest absolute Gasteiger partial charge is 0.358 e. The van der Waals surface area contributed by atoms with Crippen molar-refractivity contribution in [2.24, 2.45) is 0 Å². The molecule has 0 saturated carbocycles. The van der Waals surface area contributed by atoms with Crippen molar-refractivity contribution in [1.82, 2.24) is 10.2 Å². The second-order valence-electron chi connectivity index (χ2n) is 4.00. The molecule has 1 rings (SSSR count). The van der Waals surface area contributed by atoms with E-state index in [1.165, 1.54) is 4.90 Å². The molecule has 0 radical (unpaired) electrons. The van der Waals surface area contributed by atoms with Crippen LogP contribution in [0.3, 0.4) is 0 Å². The van der Waals surface area contributed by atoms with E-state index < -0.39 is 0 Å². The Bertz CT molecular complexity index is 480. The van der Waals surface area contributed by atoms with Crippen LogP contribution in [0.15, 0.2) is 22.7 Å². The van der Waals surface area contributed by atoms with Crippen LogP contribution >= 0.6 is 27.5 Å². The Morgan fingerprint density at radius 2 is 2.11 bits per heavy atom. The lowest BCUT2D eigenvalue weighted by Gasteiger charge is -2.22. The van der Waals surface area contributed by atoms with Gasteiger partial charge in [0.1, 0.15) is 0 Å². The Hall–Kier alpha value is -1.07. The molecule has 0 aliphatic rings. The fourth-order valence-electron chi connectivity index (χ4n) is 1.61. The number of nitrogens with zero attached hydrogens (tertiary/aromatic N) is 1. The van der Waals surface area contributed by atoms with Gasteiger partial charge in [0.2, 0.25) is 5.91 Å². The molecule has 0 heterocycles. The Kier molecular flexibility index (Phi) is 6.31. The van der Waals surface area contributed by atoms with Crippen molar-refractivity contribution in [3.05, 3.63) is 33.3 Å². The van der Waals surface area contributed by atoms with Gasteiger partial charge in [0.25, 0.3) is 5.91 Å². The van der Waals surface area contributed by atoms with Gasteiger partial charge in [-0.1, -0.05) is 24.6 Å². The number of hydrogen-bond donors (Lipinski definition) is 1. The van der Waals surface area contributed by atoms with E-state index >= 15 is 0 Å². The van der Waals surface area contributed by atoms with Crippen LogP contribution in [0, 0.1) is 0 Å². The Morgan fingerprint density at radius 1 is 1.42 bits per heavy atom. The molecule has 0 saturated heterocycles. The molecule has 1 aromatic carbocycles. The molecular formula is C13H16BrClN2O2. The first-order valence-corrected chi connectivity index (χ1v) is 7.12. The second kappa shape index (κ2) is 7.50. The molecule has 104 valence electrons. The van der Waals surface area contributed by atoms with Crippen molar-refractivity contribution in [2.75, 3.05) is 20.1 Å². The number of likely N-dealkylation sites (N-methyl/N-ethyl adjacent to an activating group) is 1. The maximum absolute atomic E-state index is 12.4. The minimum absolute atomic E-state index is 0.0337. The number of benzene rings is 1. The molecule has 0 fully saturated rings. The normalized spacial score (nSPS) is 10.1. The number of amides is 2. The molecule has 0 unspecified atom stereocenters. The average molecular weight is 348 g/mol. The molecule has 4 nitrogen and oxygen atoms in total. The summed E-state index contributed by atoms with van der Waals surface area (Å²) < 4.78 is 0.663. The standard InChI is InChI=1S/C13H16BrClN2O2/c1-3-7-17(8-11(18)16-2)13(19)9-5-4-6-10(14)12(9)15/h4-6H,3,7-8H2,1-2H3,(H,16,18). The number of halogens is 2. The van der Waals surface area contributed by atoms with Crippen molar-refractivity contribution >= 4 is 39.3 Å². The molecule has 1 N–H and O–H groups in total. The van der Waals surface area contributed by atoms with Crippen LogP contribution in [0.1, 0.15) is 23.7 Å². The minimum Gasteiger partial charge on any atom is -0.358 e. The third-order valence-corrected chi connectivity index (χ3v) is 3.87. The summed E-state index contributed by atoms with van der Waals surface area (Å²) in [4.78, 5) is 25.3. The zero-order chi connectivity index (χ0) is 14.4. The van der Waals surface area contributed by atoms with Gasteiger partial charge in [-0.3, -0.25) is 9.59 Å². The third kappa shape index (κ3) is 4.21. The smallest absolute Gasteiger partial charge is 0.255 e. The van der Waals surface area contributed by atoms with Gasteiger partial charge < -0.3 is 10.2 Å². The van der Waals surface area contributed by atoms with Crippen LogP contribution in [-0.2, 0) is 4.79 Å². The van der Waals surface area contributed by atoms with E-state index in [1.54, 1.807) is 25.2 Å². The van der Waals surface area contributed by atoms with Gasteiger partial charge in [0.15, 0.2) is 0 Å². The van der Waals surface area contributed by atoms with Gasteiger partial charge in [0.05, 0.1) is 17.1 Å². The molecule has 0 bridgehead atoms. The Morgan fingerprint density at radius 3 is 2.68 bits per heavy atom. The summed E-state index contributed by atoms with van der Waals surface area (Å²) in [6, 6.07) is 5.16. The maximum Gasteiger partial charge on any atom is 0.255 e. The van der Waals surface area contributed by atoms with Crippen LogP contribution in [0.5, 0.6) is 0 Å². The summed E-state index contributed by atoms with van der Waals surface area (Å²) >= 11 is 9.39. The molecule has 0 aliphatic heterocycles. The van der Waals surface area contributed by atoms with Gasteiger partial charge in [-0.15, -0.1) is 0 Å². The quantitative estimate of drug-likeness (QED) is 0.890. The molecule has 0 aromatic heterocycles. The predicted molar refractivity (Wildman–Crippen MR) is 79.4 cm³/mol. The third-order valence-electron chi connectivity index (χ3n) is 2.58. The molecule has 0 aliphatic carbocycles. The SMILES string of the molecule is CCCN(CC(=O)NC)C(=O)c1cccc(Br)c1Cl. The Balaban J connectivity index is 2.98. The van der Waals surface area contributed by atoms with Gasteiger partial charge in [-0.2, -0.15) is 0 Å². The lowest BCUT2D eigenvalue weighted by molar-refractivity contribution is -0.121. The topological polar surface area (TPSA) is 49.4 Å². The summed E-state index contributed by atoms with van der Waals surface area (Å²) in [6.45, 7) is 2.49. The van der Waals surface area contributed by atoms with Gasteiger partial charge in [-0.05, 0) is 34.5 Å². The van der Waals surface area contributed by atoms with Gasteiger partial charge in [0, 0.05) is 18.1 Å². The molecule has 1 aromatic rings. The zero-order valence-electron chi connectivity index (χ0n) is 10.9. The van der Waals surface area contributed by atoms with Gasteiger partial charge in [-0.25, -0.2) is 0 Å². The molecular weight excluding hydrogens is 332 g/mol. The van der Waals surface area contributed by atoms with Crippen LogP contribution in [0.4, 0.5) is 0 Å². The fourth-order valence-corrected chi connectivity index (χ4v) is 2.19. The lowest BCUT2D eigenvalue weighted by atomic mass is 10.2. The molecule has 0 atom stereocenters. The lowest BCUT2D eigenvalue weighted by Crippen LogP contribution is -2.40. The van der Waals surface area contributed by atoms with Gasteiger partial charge >= 0.3 is 0 Å². The van der Waals surface area contributed by atoms with E-state index in [0.29, 0.717) is 21.6 Å². The summed E-state index contributed by atoms with van der Waals surface area (Å²) in [5, 5.41) is 2.88. The fraction of sp³-hybridized carbons (Fsp3) is 0.385. The van der Waals surface area contributed by atoms with E-state index in [1.807, 2.05) is 6.92 Å². The molecule has 2 amide bonds. The maximum atomic E-state index is 12.4. The van der Waals surface area contributed by atoms with Crippen LogP contribution in [0.2, 0.25) is 5.02 Å². The monoisotopic (exact) mass is 346 g/mol. The average Bonchev–Trinajstić information content (AvgIpc) is 2.40. The number of rotatable bonds is 5. The number of carbonyl (C=O) groups excluding carboxylic acids is 2. The summed E-state index contributed by atoms with van der Waals surface area (Å²) in [6.07, 6.45) is 0.772. The van der Waals surface area contributed by atoms with E-state index in [0.717, 1.165) is 6.42 Å². The van der Waals surface area contributed by atoms with E-state index in [9.17, 15) is 9.59 Å². The highest BCUT2D eigenvalue weighted by Crippen LogP contribution is 2.26. The predicted octanol–water partition coefficient (Wildman–Crippen LogP) is 2.70. The van der Waals surface area contributed by atoms with Crippen LogP contribution < -0.4 is 5.32 Å². The first-order chi connectivity index (χ1) is 9.01. The van der Waals surface area contributed by atoms with Crippen LogP contribution in [-0.4, -0.2) is 36.9 Å². The first kappa shape index (κ1) is 16.0. The Labute approximate surface area is 126 Å². The second-order valence-corrected chi connectivity index (χ2v) is 5.23. The summed E-state index contributed by atoms with van der Waals surface area (Å²) in [5.41, 5.74) is 0.397. The van der Waals surface area contributed by atoms with Crippen LogP contribution in [0.25, 0.3) is 0 Å². The summed E-state index contributed by atoms with van der Waals surface area (Å²) in [5.74, 6) is -0.440. The highest BCUT2D eigenvalue weighted by Gasteiger charge is 2.20. The van der Waals surface area contributed by atoms with Crippen molar-refractivity contribution in [2.45, 2.75) is 13.3 Å². The molecule has 6 heteroatoms. The number of hydrogen-bond acceptors (Lipinski definition) is 2. The first-order valence-electron chi connectivity index (χ1n) is 5.95. The number of carbonyl (C=O) groups is 2.